The smallest absolute Gasteiger partial charge is 0.251 e. The Morgan fingerprint density at radius 3 is 2.76 bits per heavy atom. The molecule has 0 unspecified atom stereocenters. The lowest BCUT2D eigenvalue weighted by Crippen LogP contribution is -1.99. The van der Waals surface area contributed by atoms with Gasteiger partial charge in [0.15, 0.2) is 11.6 Å². The van der Waals surface area contributed by atoms with Gasteiger partial charge in [-0.05, 0) is 12.1 Å². The number of ether oxygens (including phenoxy) is 1. The summed E-state index contributed by atoms with van der Waals surface area (Å²) < 4.78 is 39.3. The Kier molecular flexibility index (Phi) is 3.64. The van der Waals surface area contributed by atoms with Gasteiger partial charge < -0.3 is 13.7 Å². The molecule has 0 aliphatic carbocycles. The van der Waals surface area contributed by atoms with E-state index in [1.807, 2.05) is 12.1 Å². The van der Waals surface area contributed by atoms with Crippen LogP contribution in [0, 0.1) is 11.6 Å². The average molecular weight is 342 g/mol. The topological polar surface area (TPSA) is 66.0 Å². The first kappa shape index (κ1) is 15.3. The number of halogens is 2. The molecule has 0 saturated carbocycles. The Morgan fingerprint density at radius 1 is 1.12 bits per heavy atom. The summed E-state index contributed by atoms with van der Waals surface area (Å²) in [6.07, 6.45) is 1.47. The number of imidazole rings is 1. The van der Waals surface area contributed by atoms with Gasteiger partial charge in [-0.1, -0.05) is 12.1 Å². The fourth-order valence-electron chi connectivity index (χ4n) is 2.57. The number of rotatable bonds is 4. The van der Waals surface area contributed by atoms with Gasteiger partial charge in [-0.15, -0.1) is 10.2 Å². The van der Waals surface area contributed by atoms with E-state index in [4.69, 9.17) is 9.15 Å². The van der Waals surface area contributed by atoms with E-state index >= 15 is 0 Å². The molecule has 126 valence electrons. The van der Waals surface area contributed by atoms with Crippen molar-refractivity contribution in [3.05, 3.63) is 60.3 Å². The molecule has 0 spiro atoms. The summed E-state index contributed by atoms with van der Waals surface area (Å²) in [5.41, 5.74) is 1.46. The maximum atomic E-state index is 13.5. The third-order valence-electron chi connectivity index (χ3n) is 3.77. The average Bonchev–Trinajstić information content (AvgIpc) is 3.24. The van der Waals surface area contributed by atoms with Crippen LogP contribution in [0.3, 0.4) is 0 Å². The second kappa shape index (κ2) is 5.97. The summed E-state index contributed by atoms with van der Waals surface area (Å²) in [5.74, 6) is -0.633. The lowest BCUT2D eigenvalue weighted by atomic mass is 10.2. The molecular weight excluding hydrogens is 330 g/mol. The number of aromatic nitrogens is 4. The van der Waals surface area contributed by atoms with Crippen LogP contribution in [-0.4, -0.2) is 26.9 Å². The van der Waals surface area contributed by atoms with Crippen molar-refractivity contribution in [2.75, 3.05) is 7.11 Å². The molecule has 0 aliphatic heterocycles. The van der Waals surface area contributed by atoms with Crippen molar-refractivity contribution in [2.45, 2.75) is 6.54 Å². The Balaban J connectivity index is 1.67. The number of fused-ring (bicyclic) bond motifs is 1. The highest BCUT2D eigenvalue weighted by atomic mass is 19.2. The van der Waals surface area contributed by atoms with Crippen molar-refractivity contribution < 1.29 is 17.9 Å². The maximum absolute atomic E-state index is 13.5. The van der Waals surface area contributed by atoms with E-state index in [2.05, 4.69) is 15.2 Å². The van der Waals surface area contributed by atoms with Gasteiger partial charge in [-0.3, -0.25) is 0 Å². The van der Waals surface area contributed by atoms with Gasteiger partial charge in [0.1, 0.15) is 12.3 Å². The zero-order valence-electron chi connectivity index (χ0n) is 13.1. The highest BCUT2D eigenvalue weighted by Gasteiger charge is 2.15. The highest BCUT2D eigenvalue weighted by molar-refractivity contribution is 5.75. The number of hydrogen-bond donors (Lipinski definition) is 0. The molecule has 25 heavy (non-hydrogen) atoms. The van der Waals surface area contributed by atoms with E-state index in [9.17, 15) is 8.78 Å². The van der Waals surface area contributed by atoms with Gasteiger partial charge in [0.2, 0.25) is 5.89 Å². The van der Waals surface area contributed by atoms with Crippen LogP contribution in [0.2, 0.25) is 0 Å². The van der Waals surface area contributed by atoms with Crippen LogP contribution >= 0.6 is 0 Å². The Bertz CT molecular complexity index is 1060. The maximum Gasteiger partial charge on any atom is 0.251 e. The Morgan fingerprint density at radius 2 is 1.92 bits per heavy atom. The fourth-order valence-corrected chi connectivity index (χ4v) is 2.57. The first-order valence-electron chi connectivity index (χ1n) is 7.41. The van der Waals surface area contributed by atoms with Gasteiger partial charge in [0, 0.05) is 12.1 Å². The van der Waals surface area contributed by atoms with Gasteiger partial charge in [-0.25, -0.2) is 13.8 Å². The summed E-state index contributed by atoms with van der Waals surface area (Å²) in [4.78, 5) is 4.06. The third-order valence-corrected chi connectivity index (χ3v) is 3.77. The number of nitrogens with zero attached hydrogens (tertiary/aromatic N) is 4. The molecule has 2 aromatic heterocycles. The molecule has 0 fully saturated rings. The first-order chi connectivity index (χ1) is 12.2. The molecule has 0 amide bonds. The van der Waals surface area contributed by atoms with Crippen molar-refractivity contribution in [3.8, 4) is 17.2 Å². The van der Waals surface area contributed by atoms with E-state index < -0.39 is 11.6 Å². The van der Waals surface area contributed by atoms with Crippen LogP contribution in [0.4, 0.5) is 8.78 Å². The molecule has 0 radical (unpaired) electrons. The normalized spacial score (nSPS) is 11.2. The SMILES string of the molecule is COc1ccccc1-c1nnc(Cn2cnc3cc(F)c(F)cc32)o1. The Labute approximate surface area is 140 Å². The van der Waals surface area contributed by atoms with Crippen molar-refractivity contribution in [2.24, 2.45) is 0 Å². The summed E-state index contributed by atoms with van der Waals surface area (Å²) in [6.45, 7) is 0.184. The largest absolute Gasteiger partial charge is 0.496 e. The molecular formula is C17H12F2N4O2. The minimum atomic E-state index is -0.936. The van der Waals surface area contributed by atoms with Gasteiger partial charge in [0.05, 0.1) is 30.0 Å². The van der Waals surface area contributed by atoms with Crippen molar-refractivity contribution in [1.82, 2.24) is 19.7 Å². The summed E-state index contributed by atoms with van der Waals surface area (Å²) in [6, 6.07) is 9.42. The third kappa shape index (κ3) is 2.71. The van der Waals surface area contributed by atoms with Crippen LogP contribution in [0.1, 0.15) is 5.89 Å². The van der Waals surface area contributed by atoms with E-state index in [1.54, 1.807) is 23.8 Å². The van der Waals surface area contributed by atoms with Gasteiger partial charge >= 0.3 is 0 Å². The number of hydrogen-bond acceptors (Lipinski definition) is 5. The zero-order chi connectivity index (χ0) is 17.4. The molecule has 2 aromatic carbocycles. The molecule has 4 rings (SSSR count). The van der Waals surface area contributed by atoms with Crippen LogP contribution in [0.15, 0.2) is 47.1 Å². The van der Waals surface area contributed by atoms with Crippen LogP contribution in [0.25, 0.3) is 22.5 Å². The van der Waals surface area contributed by atoms with Crippen molar-refractivity contribution in [1.29, 1.82) is 0 Å². The van der Waals surface area contributed by atoms with Crippen LogP contribution < -0.4 is 4.74 Å². The van der Waals surface area contributed by atoms with E-state index in [0.717, 1.165) is 12.1 Å². The minimum absolute atomic E-state index is 0.184. The minimum Gasteiger partial charge on any atom is -0.496 e. The van der Waals surface area contributed by atoms with Gasteiger partial charge in [-0.2, -0.15) is 0 Å². The molecule has 6 nitrogen and oxygen atoms in total. The molecule has 4 aromatic rings. The molecule has 0 atom stereocenters. The first-order valence-corrected chi connectivity index (χ1v) is 7.41. The monoisotopic (exact) mass is 342 g/mol. The Hall–Kier alpha value is -3.29. The summed E-state index contributed by atoms with van der Waals surface area (Å²) in [5, 5.41) is 8.02. The molecule has 0 bridgehead atoms. The summed E-state index contributed by atoms with van der Waals surface area (Å²) >= 11 is 0. The van der Waals surface area contributed by atoms with E-state index in [1.165, 1.54) is 6.33 Å². The van der Waals surface area contributed by atoms with Crippen molar-refractivity contribution in [3.63, 3.8) is 0 Å². The fraction of sp³-hybridized carbons (Fsp3) is 0.118. The standard InChI is InChI=1S/C17H12F2N4O2/c1-24-15-5-3-2-4-10(15)17-22-21-16(25-17)8-23-9-20-13-6-11(18)12(19)7-14(13)23/h2-7,9H,8H2,1H3. The van der Waals surface area contributed by atoms with Crippen molar-refractivity contribution >= 4 is 11.0 Å². The lowest BCUT2D eigenvalue weighted by Gasteiger charge is -2.03. The van der Waals surface area contributed by atoms with Crippen LogP contribution in [0.5, 0.6) is 5.75 Å². The predicted molar refractivity (Wildman–Crippen MR) is 85.0 cm³/mol. The van der Waals surface area contributed by atoms with E-state index in [-0.39, 0.29) is 6.54 Å². The molecule has 0 N–H and O–H groups in total. The lowest BCUT2D eigenvalue weighted by molar-refractivity contribution is 0.413. The number of benzene rings is 2. The second-order valence-electron chi connectivity index (χ2n) is 5.33. The summed E-state index contributed by atoms with van der Waals surface area (Å²) in [7, 11) is 1.56. The molecule has 2 heterocycles. The number of methoxy groups -OCH3 is 1. The van der Waals surface area contributed by atoms with Crippen LogP contribution in [-0.2, 0) is 6.54 Å². The van der Waals surface area contributed by atoms with E-state index in [0.29, 0.717) is 34.1 Å². The highest BCUT2D eigenvalue weighted by Crippen LogP contribution is 2.28. The molecule has 0 aliphatic rings. The second-order valence-corrected chi connectivity index (χ2v) is 5.33. The predicted octanol–water partition coefficient (Wildman–Crippen LogP) is 3.42. The quantitative estimate of drug-likeness (QED) is 0.568. The molecule has 8 heteroatoms. The molecule has 0 saturated heterocycles. The number of para-hydroxylation sites is 1. The zero-order valence-corrected chi connectivity index (χ0v) is 13.1. The van der Waals surface area contributed by atoms with Gasteiger partial charge in [0.25, 0.3) is 5.89 Å².